The van der Waals surface area contributed by atoms with Crippen LogP contribution in [0.25, 0.3) is 11.0 Å². The number of imidazole rings is 1. The minimum absolute atomic E-state index is 0.0489. The van der Waals surface area contributed by atoms with E-state index in [1.54, 1.807) is 12.1 Å². The van der Waals surface area contributed by atoms with Crippen molar-refractivity contribution in [1.29, 1.82) is 0 Å². The number of halogens is 3. The number of hydrogen-bond donors (Lipinski definition) is 2. The van der Waals surface area contributed by atoms with Gasteiger partial charge in [0.1, 0.15) is 23.2 Å². The van der Waals surface area contributed by atoms with E-state index >= 15 is 4.39 Å². The molecule has 3 aromatic rings. The summed E-state index contributed by atoms with van der Waals surface area (Å²) in [6.07, 6.45) is 5.73. The first-order valence-electron chi connectivity index (χ1n) is 13.4. The molecule has 0 radical (unpaired) electrons. The molecule has 12 heteroatoms. The van der Waals surface area contributed by atoms with Crippen LogP contribution in [0.15, 0.2) is 22.9 Å². The summed E-state index contributed by atoms with van der Waals surface area (Å²) in [7, 11) is 0. The van der Waals surface area contributed by atoms with Crippen molar-refractivity contribution in [3.63, 3.8) is 0 Å². The smallest absolute Gasteiger partial charge is 0.282 e. The topological polar surface area (TPSA) is 113 Å². The SMILES string of the molecule is CCc1nocc1C(=O)N[C@H](c1nc2c(F)c(C3COCC3C(=O)N3CC(F)(F)C3)ccc2[nH]1)C1CCCC1. The molecule has 3 atom stereocenters. The molecule has 4 heterocycles. The standard InChI is InChI=1S/C27H30F3N5O4/c1-2-19-18(11-39-34-19)25(36)33-22(14-5-3-4-6-14)24-31-20-8-7-15(21(28)23(20)32-24)16-9-38-10-17(16)26(37)35-12-27(29,30)13-35/h7-8,11,14,16-17,22H,2-6,9-10,12-13H2,1H3,(H,31,32)(H,33,36)/t16?,17?,22-/m0/s1. The molecule has 2 N–H and O–H groups in total. The highest BCUT2D eigenvalue weighted by atomic mass is 19.3. The van der Waals surface area contributed by atoms with Crippen LogP contribution in [-0.2, 0) is 16.0 Å². The van der Waals surface area contributed by atoms with E-state index in [1.807, 2.05) is 6.92 Å². The second-order valence-electron chi connectivity index (χ2n) is 10.8. The van der Waals surface area contributed by atoms with Crippen molar-refractivity contribution in [2.45, 2.75) is 56.9 Å². The lowest BCUT2D eigenvalue weighted by molar-refractivity contribution is -0.169. The lowest BCUT2D eigenvalue weighted by Gasteiger charge is -2.40. The highest BCUT2D eigenvalue weighted by Gasteiger charge is 2.50. The summed E-state index contributed by atoms with van der Waals surface area (Å²) in [5, 5.41) is 6.96. The summed E-state index contributed by atoms with van der Waals surface area (Å²) in [6.45, 7) is 0.798. The third-order valence-electron chi connectivity index (χ3n) is 8.27. The summed E-state index contributed by atoms with van der Waals surface area (Å²) < 4.78 is 53.1. The molecule has 3 aliphatic rings. The molecule has 6 rings (SSSR count). The van der Waals surface area contributed by atoms with Crippen LogP contribution in [0.5, 0.6) is 0 Å². The maximum absolute atomic E-state index is 15.9. The summed E-state index contributed by atoms with van der Waals surface area (Å²) in [4.78, 5) is 34.9. The Balaban J connectivity index is 1.29. The zero-order valence-electron chi connectivity index (χ0n) is 21.5. The van der Waals surface area contributed by atoms with Gasteiger partial charge in [-0.25, -0.2) is 18.2 Å². The van der Waals surface area contributed by atoms with E-state index in [4.69, 9.17) is 9.26 Å². The second kappa shape index (κ2) is 9.96. The van der Waals surface area contributed by atoms with Crippen LogP contribution in [-0.4, -0.2) is 64.1 Å². The average molecular weight is 546 g/mol. The monoisotopic (exact) mass is 545 g/mol. The number of benzene rings is 1. The van der Waals surface area contributed by atoms with E-state index in [2.05, 4.69) is 20.4 Å². The van der Waals surface area contributed by atoms with Crippen molar-refractivity contribution in [2.24, 2.45) is 11.8 Å². The van der Waals surface area contributed by atoms with E-state index in [0.29, 0.717) is 29.0 Å². The average Bonchev–Trinajstić information content (AvgIpc) is 3.71. The van der Waals surface area contributed by atoms with Crippen molar-refractivity contribution in [2.75, 3.05) is 26.3 Å². The largest absolute Gasteiger partial charge is 0.380 e. The van der Waals surface area contributed by atoms with Gasteiger partial charge < -0.3 is 24.5 Å². The Kier molecular flexibility index (Phi) is 6.60. The van der Waals surface area contributed by atoms with Crippen LogP contribution >= 0.6 is 0 Å². The maximum atomic E-state index is 15.9. The van der Waals surface area contributed by atoms with Crippen molar-refractivity contribution < 1.29 is 32.0 Å². The van der Waals surface area contributed by atoms with Crippen LogP contribution in [0.3, 0.4) is 0 Å². The number of amides is 2. The predicted molar refractivity (Wildman–Crippen MR) is 133 cm³/mol. The van der Waals surface area contributed by atoms with Gasteiger partial charge in [0.05, 0.1) is 49.5 Å². The van der Waals surface area contributed by atoms with Crippen LogP contribution in [0.2, 0.25) is 0 Å². The Morgan fingerprint density at radius 2 is 2.00 bits per heavy atom. The first-order valence-corrected chi connectivity index (χ1v) is 13.4. The van der Waals surface area contributed by atoms with E-state index in [1.165, 1.54) is 6.26 Å². The van der Waals surface area contributed by atoms with Gasteiger partial charge in [-0.2, -0.15) is 0 Å². The van der Waals surface area contributed by atoms with Crippen molar-refractivity contribution >= 4 is 22.8 Å². The number of aryl methyl sites for hydroxylation is 1. The number of rotatable bonds is 7. The normalized spacial score (nSPS) is 23.7. The second-order valence-corrected chi connectivity index (χ2v) is 10.8. The first-order chi connectivity index (χ1) is 18.8. The molecule has 2 saturated heterocycles. The highest BCUT2D eigenvalue weighted by molar-refractivity contribution is 5.95. The summed E-state index contributed by atoms with van der Waals surface area (Å²) >= 11 is 0. The predicted octanol–water partition coefficient (Wildman–Crippen LogP) is 4.12. The molecule has 39 heavy (non-hydrogen) atoms. The number of aromatic nitrogens is 3. The van der Waals surface area contributed by atoms with Gasteiger partial charge in [0.15, 0.2) is 5.82 Å². The Labute approximate surface area is 222 Å². The number of ether oxygens (including phenoxy) is 1. The van der Waals surface area contributed by atoms with Gasteiger partial charge in [-0.3, -0.25) is 9.59 Å². The van der Waals surface area contributed by atoms with Crippen LogP contribution in [0.4, 0.5) is 13.2 Å². The molecule has 2 aliphatic heterocycles. The Morgan fingerprint density at radius 3 is 2.72 bits per heavy atom. The first kappa shape index (κ1) is 25.8. The molecule has 1 saturated carbocycles. The fourth-order valence-electron chi connectivity index (χ4n) is 6.14. The van der Waals surface area contributed by atoms with Crippen molar-refractivity contribution in [3.05, 3.63) is 46.9 Å². The number of nitrogens with one attached hydrogen (secondary N) is 2. The van der Waals surface area contributed by atoms with Crippen LogP contribution < -0.4 is 5.32 Å². The fourth-order valence-corrected chi connectivity index (χ4v) is 6.14. The molecule has 208 valence electrons. The quantitative estimate of drug-likeness (QED) is 0.462. The van der Waals surface area contributed by atoms with Crippen molar-refractivity contribution in [1.82, 2.24) is 25.3 Å². The molecule has 1 aromatic carbocycles. The lowest BCUT2D eigenvalue weighted by Crippen LogP contribution is -2.60. The molecule has 9 nitrogen and oxygen atoms in total. The lowest BCUT2D eigenvalue weighted by atomic mass is 9.86. The van der Waals surface area contributed by atoms with Gasteiger partial charge >= 0.3 is 0 Å². The van der Waals surface area contributed by atoms with E-state index in [9.17, 15) is 18.4 Å². The number of fused-ring (bicyclic) bond motifs is 1. The number of hydrogen-bond acceptors (Lipinski definition) is 6. The van der Waals surface area contributed by atoms with Gasteiger partial charge in [-0.05, 0) is 36.8 Å². The number of nitrogens with zero attached hydrogens (tertiary/aromatic N) is 3. The van der Waals surface area contributed by atoms with Crippen LogP contribution in [0, 0.1) is 17.7 Å². The van der Waals surface area contributed by atoms with E-state index in [0.717, 1.165) is 30.6 Å². The number of likely N-dealkylation sites (tertiary alicyclic amines) is 1. The summed E-state index contributed by atoms with van der Waals surface area (Å²) in [5.74, 6) is -5.01. The molecule has 2 amide bonds. The van der Waals surface area contributed by atoms with Gasteiger partial charge in [-0.15, -0.1) is 0 Å². The molecule has 3 fully saturated rings. The minimum Gasteiger partial charge on any atom is -0.380 e. The van der Waals surface area contributed by atoms with Crippen LogP contribution in [0.1, 0.15) is 72.0 Å². The van der Waals surface area contributed by atoms with E-state index in [-0.39, 0.29) is 36.1 Å². The third kappa shape index (κ3) is 4.68. The minimum atomic E-state index is -2.88. The van der Waals surface area contributed by atoms with Gasteiger partial charge in [0, 0.05) is 5.92 Å². The number of aromatic amines is 1. The molecular formula is C27H30F3N5O4. The summed E-state index contributed by atoms with van der Waals surface area (Å²) in [5.41, 5.74) is 1.76. The van der Waals surface area contributed by atoms with E-state index < -0.39 is 48.6 Å². The third-order valence-corrected chi connectivity index (χ3v) is 8.27. The number of H-pyrrole nitrogens is 1. The highest BCUT2D eigenvalue weighted by Crippen LogP contribution is 2.40. The fraction of sp³-hybridized carbons (Fsp3) is 0.556. The van der Waals surface area contributed by atoms with Gasteiger partial charge in [0.25, 0.3) is 11.8 Å². The Bertz CT molecular complexity index is 1390. The van der Waals surface area contributed by atoms with Gasteiger partial charge in [0.2, 0.25) is 5.91 Å². The van der Waals surface area contributed by atoms with Crippen molar-refractivity contribution in [3.8, 4) is 0 Å². The zero-order chi connectivity index (χ0) is 27.3. The molecule has 2 aromatic heterocycles. The Hall–Kier alpha value is -3.41. The molecule has 1 aliphatic carbocycles. The Morgan fingerprint density at radius 1 is 1.23 bits per heavy atom. The number of carbonyl (C=O) groups is 2. The number of carbonyl (C=O) groups excluding carboxylic acids is 2. The maximum Gasteiger partial charge on any atom is 0.282 e. The summed E-state index contributed by atoms with van der Waals surface area (Å²) in [6, 6.07) is 2.83. The number of alkyl halides is 2. The van der Waals surface area contributed by atoms with Gasteiger partial charge in [-0.1, -0.05) is 31.0 Å². The molecule has 2 unspecified atom stereocenters. The molecule has 0 spiro atoms. The molecule has 0 bridgehead atoms. The molecular weight excluding hydrogens is 515 g/mol. The zero-order valence-corrected chi connectivity index (χ0v) is 21.5.